The van der Waals surface area contributed by atoms with Crippen molar-refractivity contribution in [1.29, 1.82) is 0 Å². The van der Waals surface area contributed by atoms with E-state index in [1.807, 2.05) is 63.2 Å². The van der Waals surface area contributed by atoms with E-state index < -0.39 is 0 Å². The third kappa shape index (κ3) is 4.99. The standard InChI is InChI=1S/C21H27NO3/c1-5-16-8-10-17(11-9-16)21(23)22-15(4)18-12-13-19(24-6-2)20(14-18)25-7-3/h8-15H,5-7H2,1-4H3,(H,22,23). The van der Waals surface area contributed by atoms with Crippen LogP contribution in [0.3, 0.4) is 0 Å². The molecule has 2 aromatic rings. The second kappa shape index (κ2) is 9.11. The molecule has 1 atom stereocenters. The number of nitrogens with one attached hydrogen (secondary N) is 1. The molecule has 1 N–H and O–H groups in total. The van der Waals surface area contributed by atoms with Gasteiger partial charge in [0.15, 0.2) is 11.5 Å². The Bertz CT molecular complexity index is 695. The molecule has 2 aromatic carbocycles. The van der Waals surface area contributed by atoms with Crippen molar-refractivity contribution in [3.8, 4) is 11.5 Å². The number of hydrogen-bond acceptors (Lipinski definition) is 3. The largest absolute Gasteiger partial charge is 0.490 e. The highest BCUT2D eigenvalue weighted by molar-refractivity contribution is 5.94. The van der Waals surface area contributed by atoms with Gasteiger partial charge in [-0.1, -0.05) is 25.1 Å². The number of ether oxygens (including phenoxy) is 2. The second-order valence-electron chi connectivity index (χ2n) is 5.82. The number of hydrogen-bond donors (Lipinski definition) is 1. The molecular formula is C21H27NO3. The van der Waals surface area contributed by atoms with Crippen LogP contribution < -0.4 is 14.8 Å². The lowest BCUT2D eigenvalue weighted by Gasteiger charge is -2.17. The summed E-state index contributed by atoms with van der Waals surface area (Å²) in [6, 6.07) is 13.4. The molecule has 0 saturated carbocycles. The zero-order valence-corrected chi connectivity index (χ0v) is 15.5. The van der Waals surface area contributed by atoms with Crippen LogP contribution in [-0.4, -0.2) is 19.1 Å². The van der Waals surface area contributed by atoms with Crippen LogP contribution in [0.5, 0.6) is 11.5 Å². The van der Waals surface area contributed by atoms with Gasteiger partial charge in [-0.15, -0.1) is 0 Å². The molecule has 0 aliphatic heterocycles. The third-order valence-electron chi connectivity index (χ3n) is 4.04. The molecule has 0 heterocycles. The van der Waals surface area contributed by atoms with Gasteiger partial charge in [0.25, 0.3) is 5.91 Å². The highest BCUT2D eigenvalue weighted by Gasteiger charge is 2.14. The summed E-state index contributed by atoms with van der Waals surface area (Å²) < 4.78 is 11.2. The van der Waals surface area contributed by atoms with E-state index in [4.69, 9.17) is 9.47 Å². The van der Waals surface area contributed by atoms with E-state index in [-0.39, 0.29) is 11.9 Å². The van der Waals surface area contributed by atoms with E-state index >= 15 is 0 Å². The lowest BCUT2D eigenvalue weighted by atomic mass is 10.1. The Labute approximate surface area is 150 Å². The number of carbonyl (C=O) groups excluding carboxylic acids is 1. The summed E-state index contributed by atoms with van der Waals surface area (Å²) in [7, 11) is 0. The highest BCUT2D eigenvalue weighted by Crippen LogP contribution is 2.30. The van der Waals surface area contributed by atoms with E-state index in [0.717, 1.165) is 17.7 Å². The van der Waals surface area contributed by atoms with Crippen molar-refractivity contribution in [3.05, 3.63) is 59.2 Å². The van der Waals surface area contributed by atoms with Gasteiger partial charge in [-0.25, -0.2) is 0 Å². The first-order valence-corrected chi connectivity index (χ1v) is 8.88. The van der Waals surface area contributed by atoms with E-state index in [2.05, 4.69) is 12.2 Å². The third-order valence-corrected chi connectivity index (χ3v) is 4.04. The van der Waals surface area contributed by atoms with Crippen LogP contribution in [-0.2, 0) is 6.42 Å². The number of aryl methyl sites for hydroxylation is 1. The first kappa shape index (κ1) is 18.8. The van der Waals surface area contributed by atoms with Crippen LogP contribution in [0.2, 0.25) is 0 Å². The molecule has 4 nitrogen and oxygen atoms in total. The summed E-state index contributed by atoms with van der Waals surface area (Å²) >= 11 is 0. The summed E-state index contributed by atoms with van der Waals surface area (Å²) in [6.45, 7) is 9.08. The van der Waals surface area contributed by atoms with Crippen molar-refractivity contribution in [2.45, 2.75) is 40.2 Å². The van der Waals surface area contributed by atoms with Gasteiger partial charge in [-0.05, 0) is 62.6 Å². The molecule has 0 saturated heterocycles. The summed E-state index contributed by atoms with van der Waals surface area (Å²) in [4.78, 5) is 12.4. The van der Waals surface area contributed by atoms with Crippen LogP contribution in [0.4, 0.5) is 0 Å². The van der Waals surface area contributed by atoms with Crippen LogP contribution in [0.25, 0.3) is 0 Å². The van der Waals surface area contributed by atoms with E-state index in [1.165, 1.54) is 5.56 Å². The first-order valence-electron chi connectivity index (χ1n) is 8.88. The Kier molecular flexibility index (Phi) is 6.87. The molecule has 0 bridgehead atoms. The Morgan fingerprint density at radius 2 is 1.60 bits per heavy atom. The molecular weight excluding hydrogens is 314 g/mol. The Morgan fingerprint density at radius 1 is 0.960 bits per heavy atom. The van der Waals surface area contributed by atoms with E-state index in [1.54, 1.807) is 0 Å². The molecule has 0 fully saturated rings. The SMILES string of the molecule is CCOc1ccc(C(C)NC(=O)c2ccc(CC)cc2)cc1OCC. The summed E-state index contributed by atoms with van der Waals surface area (Å²) in [5.41, 5.74) is 2.86. The lowest BCUT2D eigenvalue weighted by Crippen LogP contribution is -2.26. The predicted molar refractivity (Wildman–Crippen MR) is 100 cm³/mol. The highest BCUT2D eigenvalue weighted by atomic mass is 16.5. The van der Waals surface area contributed by atoms with Gasteiger partial charge in [0.1, 0.15) is 0 Å². The molecule has 1 unspecified atom stereocenters. The van der Waals surface area contributed by atoms with Crippen molar-refractivity contribution < 1.29 is 14.3 Å². The van der Waals surface area contributed by atoms with Crippen LogP contribution in [0.15, 0.2) is 42.5 Å². The lowest BCUT2D eigenvalue weighted by molar-refractivity contribution is 0.0940. The fraction of sp³-hybridized carbons (Fsp3) is 0.381. The molecule has 2 rings (SSSR count). The maximum Gasteiger partial charge on any atom is 0.251 e. The minimum atomic E-state index is -0.131. The molecule has 0 aliphatic rings. The number of rotatable bonds is 8. The average Bonchev–Trinajstić information content (AvgIpc) is 2.63. The Hall–Kier alpha value is -2.49. The molecule has 0 radical (unpaired) electrons. The summed E-state index contributed by atoms with van der Waals surface area (Å²) in [6.07, 6.45) is 0.963. The molecule has 134 valence electrons. The fourth-order valence-corrected chi connectivity index (χ4v) is 2.59. The Morgan fingerprint density at radius 3 is 2.20 bits per heavy atom. The Balaban J connectivity index is 2.11. The smallest absolute Gasteiger partial charge is 0.251 e. The minimum Gasteiger partial charge on any atom is -0.490 e. The quantitative estimate of drug-likeness (QED) is 0.767. The van der Waals surface area contributed by atoms with E-state index in [0.29, 0.717) is 24.5 Å². The minimum absolute atomic E-state index is 0.0815. The van der Waals surface area contributed by atoms with Crippen molar-refractivity contribution in [1.82, 2.24) is 5.32 Å². The molecule has 0 aliphatic carbocycles. The topological polar surface area (TPSA) is 47.6 Å². The van der Waals surface area contributed by atoms with Gasteiger partial charge < -0.3 is 14.8 Å². The predicted octanol–water partition coefficient (Wildman–Crippen LogP) is 4.54. The summed E-state index contributed by atoms with van der Waals surface area (Å²) in [5.74, 6) is 1.35. The van der Waals surface area contributed by atoms with Crippen molar-refractivity contribution >= 4 is 5.91 Å². The maximum absolute atomic E-state index is 12.4. The van der Waals surface area contributed by atoms with Gasteiger partial charge in [0.05, 0.1) is 19.3 Å². The van der Waals surface area contributed by atoms with Crippen molar-refractivity contribution in [2.24, 2.45) is 0 Å². The van der Waals surface area contributed by atoms with Crippen LogP contribution in [0.1, 0.15) is 55.2 Å². The molecule has 1 amide bonds. The average molecular weight is 341 g/mol. The second-order valence-corrected chi connectivity index (χ2v) is 5.82. The first-order chi connectivity index (χ1) is 12.1. The zero-order chi connectivity index (χ0) is 18.2. The van der Waals surface area contributed by atoms with Gasteiger partial charge in [-0.3, -0.25) is 4.79 Å². The monoisotopic (exact) mass is 341 g/mol. The molecule has 0 spiro atoms. The molecule has 25 heavy (non-hydrogen) atoms. The van der Waals surface area contributed by atoms with Crippen LogP contribution >= 0.6 is 0 Å². The molecule has 4 heteroatoms. The van der Waals surface area contributed by atoms with Crippen molar-refractivity contribution in [2.75, 3.05) is 13.2 Å². The van der Waals surface area contributed by atoms with Gasteiger partial charge in [-0.2, -0.15) is 0 Å². The summed E-state index contributed by atoms with van der Waals surface area (Å²) in [5, 5.41) is 3.04. The number of amides is 1. The zero-order valence-electron chi connectivity index (χ0n) is 15.5. The number of benzene rings is 2. The normalized spacial score (nSPS) is 11.7. The van der Waals surface area contributed by atoms with Gasteiger partial charge in [0, 0.05) is 5.56 Å². The maximum atomic E-state index is 12.4. The fourth-order valence-electron chi connectivity index (χ4n) is 2.59. The van der Waals surface area contributed by atoms with Crippen LogP contribution in [0, 0.1) is 0 Å². The van der Waals surface area contributed by atoms with Gasteiger partial charge >= 0.3 is 0 Å². The van der Waals surface area contributed by atoms with Gasteiger partial charge in [0.2, 0.25) is 0 Å². The number of carbonyl (C=O) groups is 1. The van der Waals surface area contributed by atoms with Crippen molar-refractivity contribution in [3.63, 3.8) is 0 Å². The van der Waals surface area contributed by atoms with E-state index in [9.17, 15) is 4.79 Å². The molecule has 0 aromatic heterocycles.